The molecule has 1 aromatic carbocycles. The van der Waals surface area contributed by atoms with E-state index in [2.05, 4.69) is 15.9 Å². The lowest BCUT2D eigenvalue weighted by atomic mass is 10.2. The van der Waals surface area contributed by atoms with E-state index in [-0.39, 0.29) is 4.47 Å². The van der Waals surface area contributed by atoms with Crippen molar-refractivity contribution >= 4 is 21.6 Å². The van der Waals surface area contributed by atoms with Crippen molar-refractivity contribution in [3.8, 4) is 0 Å². The lowest BCUT2D eigenvalue weighted by molar-refractivity contribution is -0.385. The van der Waals surface area contributed by atoms with E-state index >= 15 is 0 Å². The average molecular weight is 270 g/mol. The molecule has 0 aliphatic heterocycles. The van der Waals surface area contributed by atoms with Crippen LogP contribution in [0.4, 0.5) is 18.9 Å². The minimum atomic E-state index is -4.49. The van der Waals surface area contributed by atoms with Gasteiger partial charge < -0.3 is 0 Å². The number of benzene rings is 1. The molecule has 0 unspecified atom stereocenters. The van der Waals surface area contributed by atoms with Gasteiger partial charge in [0, 0.05) is 6.07 Å². The molecule has 0 atom stereocenters. The molecular weight excluding hydrogens is 267 g/mol. The van der Waals surface area contributed by atoms with E-state index in [9.17, 15) is 23.3 Å². The van der Waals surface area contributed by atoms with E-state index in [1.807, 2.05) is 0 Å². The van der Waals surface area contributed by atoms with Crippen LogP contribution >= 0.6 is 15.9 Å². The summed E-state index contributed by atoms with van der Waals surface area (Å²) in [7, 11) is 0. The highest BCUT2D eigenvalue weighted by molar-refractivity contribution is 9.10. The van der Waals surface area contributed by atoms with Gasteiger partial charge in [0.2, 0.25) is 0 Å². The van der Waals surface area contributed by atoms with Gasteiger partial charge in [-0.05, 0) is 28.1 Å². The molecule has 0 fully saturated rings. The Kier molecular flexibility index (Phi) is 2.79. The molecule has 0 aromatic heterocycles. The molecular formula is C7H3BrF3NO2. The largest absolute Gasteiger partial charge is 0.416 e. The van der Waals surface area contributed by atoms with Gasteiger partial charge in [0.15, 0.2) is 0 Å². The first-order chi connectivity index (χ1) is 6.32. The highest BCUT2D eigenvalue weighted by atomic mass is 79.9. The quantitative estimate of drug-likeness (QED) is 0.580. The van der Waals surface area contributed by atoms with Crippen molar-refractivity contribution in [1.29, 1.82) is 0 Å². The number of nitro benzene ring substituents is 1. The normalized spacial score (nSPS) is 11.4. The number of hydrogen-bond donors (Lipinski definition) is 0. The third-order valence-electron chi connectivity index (χ3n) is 1.47. The Bertz CT molecular complexity index is 378. The molecule has 7 heteroatoms. The van der Waals surface area contributed by atoms with Crippen LogP contribution in [0.25, 0.3) is 0 Å². The Balaban J connectivity index is 3.20. The number of nitrogens with zero attached hydrogens (tertiary/aromatic N) is 1. The molecule has 0 heterocycles. The van der Waals surface area contributed by atoms with Gasteiger partial charge in [-0.3, -0.25) is 10.1 Å². The first kappa shape index (κ1) is 11.0. The molecule has 0 bridgehead atoms. The van der Waals surface area contributed by atoms with Crippen LogP contribution in [0.2, 0.25) is 0 Å². The van der Waals surface area contributed by atoms with Crippen LogP contribution in [-0.4, -0.2) is 4.92 Å². The molecule has 0 saturated heterocycles. The molecule has 0 aliphatic carbocycles. The zero-order valence-corrected chi connectivity index (χ0v) is 8.09. The molecule has 0 N–H and O–H groups in total. The summed E-state index contributed by atoms with van der Waals surface area (Å²) in [5.41, 5.74) is -1.31. The van der Waals surface area contributed by atoms with Crippen LogP contribution in [0.15, 0.2) is 22.7 Å². The molecule has 76 valence electrons. The molecule has 0 aliphatic rings. The molecule has 0 spiro atoms. The third kappa shape index (κ3) is 2.22. The van der Waals surface area contributed by atoms with Crippen molar-refractivity contribution in [2.24, 2.45) is 0 Å². The summed E-state index contributed by atoms with van der Waals surface area (Å²) in [4.78, 5) is 9.52. The zero-order chi connectivity index (χ0) is 10.9. The topological polar surface area (TPSA) is 43.1 Å². The predicted octanol–water partition coefficient (Wildman–Crippen LogP) is 3.38. The summed E-state index contributed by atoms with van der Waals surface area (Å²) < 4.78 is 36.1. The van der Waals surface area contributed by atoms with E-state index in [0.29, 0.717) is 12.1 Å². The van der Waals surface area contributed by atoms with Gasteiger partial charge in [-0.2, -0.15) is 13.2 Å². The summed E-state index contributed by atoms with van der Waals surface area (Å²) in [6.07, 6.45) is -4.49. The summed E-state index contributed by atoms with van der Waals surface area (Å²) in [6, 6.07) is 2.16. The van der Waals surface area contributed by atoms with Crippen molar-refractivity contribution in [2.45, 2.75) is 6.18 Å². The van der Waals surface area contributed by atoms with Gasteiger partial charge in [-0.15, -0.1) is 0 Å². The van der Waals surface area contributed by atoms with E-state index in [1.54, 1.807) is 0 Å². The van der Waals surface area contributed by atoms with Crippen LogP contribution in [-0.2, 0) is 6.18 Å². The van der Waals surface area contributed by atoms with Gasteiger partial charge in [0.05, 0.1) is 15.0 Å². The van der Waals surface area contributed by atoms with Crippen molar-refractivity contribution in [2.75, 3.05) is 0 Å². The number of alkyl halides is 3. The first-order valence-corrected chi connectivity index (χ1v) is 4.13. The van der Waals surface area contributed by atoms with Crippen LogP contribution in [0.3, 0.4) is 0 Å². The minimum Gasteiger partial charge on any atom is -0.258 e. The summed E-state index contributed by atoms with van der Waals surface area (Å²) in [5.74, 6) is 0. The van der Waals surface area contributed by atoms with Crippen LogP contribution in [0.5, 0.6) is 0 Å². The van der Waals surface area contributed by atoms with E-state index in [1.165, 1.54) is 0 Å². The molecule has 0 radical (unpaired) electrons. The lowest BCUT2D eigenvalue weighted by Gasteiger charge is -2.06. The third-order valence-corrected chi connectivity index (χ3v) is 2.11. The Labute approximate surface area is 84.8 Å². The fraction of sp³-hybridized carbons (Fsp3) is 0.143. The minimum absolute atomic E-state index is 0.183. The summed E-state index contributed by atoms with van der Waals surface area (Å²) in [6.45, 7) is 0. The summed E-state index contributed by atoms with van der Waals surface area (Å²) in [5, 5.41) is 10.3. The van der Waals surface area contributed by atoms with Crippen LogP contribution in [0.1, 0.15) is 5.56 Å². The van der Waals surface area contributed by atoms with Crippen molar-refractivity contribution in [3.05, 3.63) is 38.3 Å². The van der Waals surface area contributed by atoms with Crippen molar-refractivity contribution in [3.63, 3.8) is 0 Å². The molecule has 3 nitrogen and oxygen atoms in total. The second-order valence-corrected chi connectivity index (χ2v) is 3.28. The highest BCUT2D eigenvalue weighted by Crippen LogP contribution is 2.34. The van der Waals surface area contributed by atoms with E-state index in [4.69, 9.17) is 0 Å². The zero-order valence-electron chi connectivity index (χ0n) is 6.51. The Morgan fingerprint density at radius 3 is 2.29 bits per heavy atom. The van der Waals surface area contributed by atoms with E-state index < -0.39 is 22.4 Å². The highest BCUT2D eigenvalue weighted by Gasteiger charge is 2.31. The average Bonchev–Trinajstić information content (AvgIpc) is 2.01. The second-order valence-electron chi connectivity index (χ2n) is 2.42. The fourth-order valence-electron chi connectivity index (χ4n) is 0.831. The molecule has 1 rings (SSSR count). The number of nitro groups is 1. The Morgan fingerprint density at radius 1 is 1.36 bits per heavy atom. The predicted molar refractivity (Wildman–Crippen MR) is 45.8 cm³/mol. The van der Waals surface area contributed by atoms with Gasteiger partial charge >= 0.3 is 6.18 Å². The fourth-order valence-corrected chi connectivity index (χ4v) is 1.35. The van der Waals surface area contributed by atoms with Crippen LogP contribution < -0.4 is 0 Å². The molecule has 0 saturated carbocycles. The van der Waals surface area contributed by atoms with Crippen LogP contribution in [0, 0.1) is 10.1 Å². The van der Waals surface area contributed by atoms with Gasteiger partial charge in [0.25, 0.3) is 5.69 Å². The second kappa shape index (κ2) is 3.56. The maximum absolute atomic E-state index is 12.1. The maximum atomic E-state index is 12.1. The standard InChI is InChI=1S/C7H3BrF3NO2/c8-5-3-4(7(9,10)11)1-2-6(5)12(13)14/h1-3H. The molecule has 0 amide bonds. The van der Waals surface area contributed by atoms with E-state index in [0.717, 1.165) is 6.07 Å². The van der Waals surface area contributed by atoms with Gasteiger partial charge in [-0.25, -0.2) is 0 Å². The van der Waals surface area contributed by atoms with Crippen molar-refractivity contribution < 1.29 is 18.1 Å². The monoisotopic (exact) mass is 269 g/mol. The Morgan fingerprint density at radius 2 is 1.93 bits per heavy atom. The lowest BCUT2D eigenvalue weighted by Crippen LogP contribution is -2.05. The van der Waals surface area contributed by atoms with Gasteiger partial charge in [0.1, 0.15) is 0 Å². The Hall–Kier alpha value is -1.11. The van der Waals surface area contributed by atoms with Gasteiger partial charge in [-0.1, -0.05) is 0 Å². The molecule has 1 aromatic rings. The van der Waals surface area contributed by atoms with Crippen molar-refractivity contribution in [1.82, 2.24) is 0 Å². The summed E-state index contributed by atoms with van der Waals surface area (Å²) >= 11 is 2.70. The maximum Gasteiger partial charge on any atom is 0.416 e. The molecule has 14 heavy (non-hydrogen) atoms. The number of halogens is 4. The first-order valence-electron chi connectivity index (χ1n) is 3.33. The number of hydrogen-bond acceptors (Lipinski definition) is 2. The SMILES string of the molecule is O=[N+]([O-])c1ccc(C(F)(F)F)cc1Br. The smallest absolute Gasteiger partial charge is 0.258 e. The number of rotatable bonds is 1.